The first kappa shape index (κ1) is 12.2. The van der Waals surface area contributed by atoms with Gasteiger partial charge in [-0.2, -0.15) is 0 Å². The molecule has 0 atom stereocenters. The number of nitrogens with zero attached hydrogens (tertiary/aromatic N) is 1. The molecule has 1 aliphatic heterocycles. The van der Waals surface area contributed by atoms with Gasteiger partial charge in [0.05, 0.1) is 24.3 Å². The van der Waals surface area contributed by atoms with Gasteiger partial charge in [0.1, 0.15) is 0 Å². The van der Waals surface area contributed by atoms with Crippen molar-refractivity contribution in [3.63, 3.8) is 0 Å². The van der Waals surface area contributed by atoms with E-state index in [9.17, 15) is 4.79 Å². The van der Waals surface area contributed by atoms with E-state index < -0.39 is 0 Å². The Labute approximate surface area is 120 Å². The van der Waals surface area contributed by atoms with Gasteiger partial charge in [-0.15, -0.1) is 0 Å². The van der Waals surface area contributed by atoms with Gasteiger partial charge in [-0.1, -0.05) is 40.2 Å². The van der Waals surface area contributed by atoms with Crippen molar-refractivity contribution in [3.8, 4) is 0 Å². The normalized spacial score (nSPS) is 13.7. The fourth-order valence-electron chi connectivity index (χ4n) is 2.45. The van der Waals surface area contributed by atoms with E-state index in [1.54, 1.807) is 4.90 Å². The number of anilines is 2. The van der Waals surface area contributed by atoms with E-state index >= 15 is 0 Å². The molecule has 0 unspecified atom stereocenters. The Bertz CT molecular complexity index is 654. The SMILES string of the molecule is Nc1cccc2c1N(Cc1cccc(Br)c1)C(=O)C2. The number of nitrogens with two attached hydrogens (primary N) is 1. The molecule has 2 N–H and O–H groups in total. The van der Waals surface area contributed by atoms with E-state index in [1.807, 2.05) is 42.5 Å². The van der Waals surface area contributed by atoms with Crippen LogP contribution < -0.4 is 10.6 Å². The van der Waals surface area contributed by atoms with E-state index in [2.05, 4.69) is 15.9 Å². The summed E-state index contributed by atoms with van der Waals surface area (Å²) >= 11 is 3.44. The second kappa shape index (κ2) is 4.70. The first-order chi connectivity index (χ1) is 9.15. The van der Waals surface area contributed by atoms with Crippen LogP contribution in [-0.2, 0) is 17.8 Å². The first-order valence-electron chi connectivity index (χ1n) is 6.07. The number of amides is 1. The van der Waals surface area contributed by atoms with Crippen LogP contribution >= 0.6 is 15.9 Å². The van der Waals surface area contributed by atoms with Gasteiger partial charge in [0, 0.05) is 4.47 Å². The van der Waals surface area contributed by atoms with E-state index in [-0.39, 0.29) is 5.91 Å². The van der Waals surface area contributed by atoms with Crippen LogP contribution in [0.1, 0.15) is 11.1 Å². The number of benzene rings is 2. The molecular weight excluding hydrogens is 304 g/mol. The molecule has 4 heteroatoms. The minimum absolute atomic E-state index is 0.105. The number of fused-ring (bicyclic) bond motifs is 1. The Balaban J connectivity index is 1.97. The maximum absolute atomic E-state index is 12.1. The molecule has 0 spiro atoms. The molecule has 2 aromatic carbocycles. The molecule has 2 aromatic rings. The van der Waals surface area contributed by atoms with Crippen LogP contribution in [0.25, 0.3) is 0 Å². The van der Waals surface area contributed by atoms with E-state index in [1.165, 1.54) is 0 Å². The highest BCUT2D eigenvalue weighted by Crippen LogP contribution is 2.35. The van der Waals surface area contributed by atoms with Gasteiger partial charge in [0.25, 0.3) is 0 Å². The fraction of sp³-hybridized carbons (Fsp3) is 0.133. The topological polar surface area (TPSA) is 46.3 Å². The summed E-state index contributed by atoms with van der Waals surface area (Å²) in [6, 6.07) is 13.7. The zero-order valence-electron chi connectivity index (χ0n) is 10.3. The average Bonchev–Trinajstić information content (AvgIpc) is 2.67. The van der Waals surface area contributed by atoms with Gasteiger partial charge >= 0.3 is 0 Å². The Morgan fingerprint density at radius 3 is 2.79 bits per heavy atom. The van der Waals surface area contributed by atoms with Gasteiger partial charge in [-0.3, -0.25) is 4.79 Å². The van der Waals surface area contributed by atoms with Gasteiger partial charge in [0.2, 0.25) is 5.91 Å². The third kappa shape index (κ3) is 2.24. The van der Waals surface area contributed by atoms with Gasteiger partial charge in [0.15, 0.2) is 0 Å². The Hall–Kier alpha value is -1.81. The molecule has 0 radical (unpaired) electrons. The van der Waals surface area contributed by atoms with Crippen molar-refractivity contribution < 1.29 is 4.79 Å². The lowest BCUT2D eigenvalue weighted by molar-refractivity contribution is -0.117. The quantitative estimate of drug-likeness (QED) is 0.865. The number of hydrogen-bond donors (Lipinski definition) is 1. The smallest absolute Gasteiger partial charge is 0.231 e. The Morgan fingerprint density at radius 1 is 1.21 bits per heavy atom. The summed E-state index contributed by atoms with van der Waals surface area (Å²) < 4.78 is 1.01. The number of rotatable bonds is 2. The maximum Gasteiger partial charge on any atom is 0.231 e. The number of carbonyl (C=O) groups is 1. The fourth-order valence-corrected chi connectivity index (χ4v) is 2.90. The maximum atomic E-state index is 12.1. The molecule has 0 saturated carbocycles. The van der Waals surface area contributed by atoms with Crippen LogP contribution in [0.3, 0.4) is 0 Å². The summed E-state index contributed by atoms with van der Waals surface area (Å²) in [4.78, 5) is 13.9. The summed E-state index contributed by atoms with van der Waals surface area (Å²) in [6.45, 7) is 0.555. The molecular formula is C15H13BrN2O. The van der Waals surface area contributed by atoms with Crippen molar-refractivity contribution in [2.75, 3.05) is 10.6 Å². The highest BCUT2D eigenvalue weighted by Gasteiger charge is 2.28. The van der Waals surface area contributed by atoms with Crippen LogP contribution in [0.2, 0.25) is 0 Å². The van der Waals surface area contributed by atoms with Crippen LogP contribution in [0.15, 0.2) is 46.9 Å². The molecule has 0 bridgehead atoms. The second-order valence-electron chi connectivity index (χ2n) is 4.64. The second-order valence-corrected chi connectivity index (χ2v) is 5.56. The lowest BCUT2D eigenvalue weighted by Gasteiger charge is -2.19. The molecule has 1 heterocycles. The number of hydrogen-bond acceptors (Lipinski definition) is 2. The predicted octanol–water partition coefficient (Wildman–Crippen LogP) is 3.12. The van der Waals surface area contributed by atoms with Crippen molar-refractivity contribution in [1.29, 1.82) is 0 Å². The third-order valence-corrected chi connectivity index (χ3v) is 3.79. The lowest BCUT2D eigenvalue weighted by atomic mass is 10.1. The standard InChI is InChI=1S/C15H13BrN2O/c16-12-5-1-3-10(7-12)9-18-14(19)8-11-4-2-6-13(17)15(11)18/h1-7H,8-9,17H2. The molecule has 3 nitrogen and oxygen atoms in total. The van der Waals surface area contributed by atoms with Crippen LogP contribution in [0.4, 0.5) is 11.4 Å². The van der Waals surface area contributed by atoms with E-state index in [0.29, 0.717) is 18.7 Å². The molecule has 96 valence electrons. The summed E-state index contributed by atoms with van der Waals surface area (Å²) in [5.41, 5.74) is 9.63. The monoisotopic (exact) mass is 316 g/mol. The number of halogens is 1. The third-order valence-electron chi connectivity index (χ3n) is 3.29. The molecule has 1 amide bonds. The highest BCUT2D eigenvalue weighted by atomic mass is 79.9. The molecule has 0 saturated heterocycles. The van der Waals surface area contributed by atoms with Crippen molar-refractivity contribution in [2.24, 2.45) is 0 Å². The number of para-hydroxylation sites is 1. The summed E-state index contributed by atoms with van der Waals surface area (Å²) in [5, 5.41) is 0. The first-order valence-corrected chi connectivity index (χ1v) is 6.86. The van der Waals surface area contributed by atoms with Crippen molar-refractivity contribution in [2.45, 2.75) is 13.0 Å². The summed E-state index contributed by atoms with van der Waals surface area (Å²) in [5.74, 6) is 0.105. The zero-order valence-corrected chi connectivity index (χ0v) is 11.9. The van der Waals surface area contributed by atoms with Crippen molar-refractivity contribution in [3.05, 3.63) is 58.1 Å². The van der Waals surface area contributed by atoms with Crippen molar-refractivity contribution >= 4 is 33.2 Å². The van der Waals surface area contributed by atoms with E-state index in [4.69, 9.17) is 5.73 Å². The van der Waals surface area contributed by atoms with Crippen LogP contribution in [-0.4, -0.2) is 5.91 Å². The van der Waals surface area contributed by atoms with Crippen LogP contribution in [0, 0.1) is 0 Å². The number of nitrogen functional groups attached to an aromatic ring is 1. The Kier molecular flexibility index (Phi) is 3.03. The molecule has 0 aromatic heterocycles. The van der Waals surface area contributed by atoms with Gasteiger partial charge in [-0.25, -0.2) is 0 Å². The number of carbonyl (C=O) groups excluding carboxylic acids is 1. The summed E-state index contributed by atoms with van der Waals surface area (Å²) in [6.07, 6.45) is 0.439. The van der Waals surface area contributed by atoms with Gasteiger partial charge < -0.3 is 10.6 Å². The predicted molar refractivity (Wildman–Crippen MR) is 79.9 cm³/mol. The van der Waals surface area contributed by atoms with E-state index in [0.717, 1.165) is 21.3 Å². The lowest BCUT2D eigenvalue weighted by Crippen LogP contribution is -2.26. The van der Waals surface area contributed by atoms with Crippen LogP contribution in [0.5, 0.6) is 0 Å². The van der Waals surface area contributed by atoms with Gasteiger partial charge in [-0.05, 0) is 29.3 Å². The largest absolute Gasteiger partial charge is 0.397 e. The molecule has 0 fully saturated rings. The highest BCUT2D eigenvalue weighted by molar-refractivity contribution is 9.10. The molecule has 19 heavy (non-hydrogen) atoms. The summed E-state index contributed by atoms with van der Waals surface area (Å²) in [7, 11) is 0. The zero-order chi connectivity index (χ0) is 13.4. The molecule has 1 aliphatic rings. The Morgan fingerprint density at radius 2 is 2.00 bits per heavy atom. The molecule has 3 rings (SSSR count). The molecule has 0 aliphatic carbocycles. The van der Waals surface area contributed by atoms with Crippen molar-refractivity contribution in [1.82, 2.24) is 0 Å². The average molecular weight is 317 g/mol. The minimum Gasteiger partial charge on any atom is -0.397 e. The minimum atomic E-state index is 0.105.